The Bertz CT molecular complexity index is 524. The Morgan fingerprint density at radius 1 is 1.33 bits per heavy atom. The van der Waals surface area contributed by atoms with Crippen molar-refractivity contribution in [2.24, 2.45) is 5.73 Å². The van der Waals surface area contributed by atoms with Gasteiger partial charge < -0.3 is 20.5 Å². The van der Waals surface area contributed by atoms with Crippen molar-refractivity contribution in [3.8, 4) is 5.75 Å². The van der Waals surface area contributed by atoms with Crippen LogP contribution in [0.5, 0.6) is 5.75 Å². The van der Waals surface area contributed by atoms with Crippen LogP contribution in [0.3, 0.4) is 0 Å². The van der Waals surface area contributed by atoms with Crippen molar-refractivity contribution >= 4 is 17.6 Å². The number of carbonyl (C=O) groups excluding carboxylic acids is 2. The van der Waals surface area contributed by atoms with Gasteiger partial charge in [-0.1, -0.05) is 18.9 Å². The van der Waals surface area contributed by atoms with E-state index in [1.54, 1.807) is 24.3 Å². The van der Waals surface area contributed by atoms with Gasteiger partial charge in [0.15, 0.2) is 6.61 Å². The van der Waals surface area contributed by atoms with E-state index in [0.717, 1.165) is 12.8 Å². The van der Waals surface area contributed by atoms with Crippen molar-refractivity contribution in [3.63, 3.8) is 0 Å². The third-order valence-corrected chi connectivity index (χ3v) is 3.62. The van der Waals surface area contributed by atoms with Crippen LogP contribution in [0.2, 0.25) is 0 Å². The molecule has 0 aromatic heterocycles. The first-order chi connectivity index (χ1) is 10.0. The molecule has 6 heteroatoms. The highest BCUT2D eigenvalue weighted by Crippen LogP contribution is 2.28. The van der Waals surface area contributed by atoms with E-state index in [9.17, 15) is 9.59 Å². The van der Waals surface area contributed by atoms with Crippen LogP contribution in [0.1, 0.15) is 25.7 Å². The van der Waals surface area contributed by atoms with Crippen LogP contribution in [0.4, 0.5) is 5.69 Å². The summed E-state index contributed by atoms with van der Waals surface area (Å²) in [6, 6.07) is 6.84. The zero-order valence-corrected chi connectivity index (χ0v) is 12.1. The number of esters is 1. The molecule has 21 heavy (non-hydrogen) atoms. The number of rotatable bonds is 5. The maximum absolute atomic E-state index is 12.2. The highest BCUT2D eigenvalue weighted by molar-refractivity contribution is 5.98. The molecule has 1 fully saturated rings. The monoisotopic (exact) mass is 292 g/mol. The van der Waals surface area contributed by atoms with E-state index in [1.165, 1.54) is 7.11 Å². The number of nitrogens with two attached hydrogens (primary N) is 1. The van der Waals surface area contributed by atoms with Crippen LogP contribution in [0.25, 0.3) is 0 Å². The number of ether oxygens (including phenoxy) is 2. The molecule has 1 amide bonds. The van der Waals surface area contributed by atoms with Crippen LogP contribution in [-0.4, -0.2) is 31.1 Å². The molecule has 0 saturated heterocycles. The lowest BCUT2D eigenvalue weighted by molar-refractivity contribution is -0.142. The van der Waals surface area contributed by atoms with Crippen LogP contribution in [0.15, 0.2) is 24.3 Å². The predicted octanol–water partition coefficient (Wildman–Crippen LogP) is 1.45. The van der Waals surface area contributed by atoms with Crippen molar-refractivity contribution in [2.75, 3.05) is 19.0 Å². The topological polar surface area (TPSA) is 90.6 Å². The van der Waals surface area contributed by atoms with Crippen molar-refractivity contribution < 1.29 is 19.1 Å². The summed E-state index contributed by atoms with van der Waals surface area (Å²) in [5.74, 6) is -0.155. The first-order valence-electron chi connectivity index (χ1n) is 6.93. The van der Waals surface area contributed by atoms with Gasteiger partial charge in [-0.25, -0.2) is 4.79 Å². The Morgan fingerprint density at radius 2 is 2.05 bits per heavy atom. The van der Waals surface area contributed by atoms with Crippen LogP contribution in [0, 0.1) is 0 Å². The first-order valence-corrected chi connectivity index (χ1v) is 6.93. The van der Waals surface area contributed by atoms with Gasteiger partial charge in [0.2, 0.25) is 5.91 Å². The molecule has 1 saturated carbocycles. The van der Waals surface area contributed by atoms with Crippen molar-refractivity contribution in [1.29, 1.82) is 0 Å². The number of carbonyl (C=O) groups is 2. The lowest BCUT2D eigenvalue weighted by atomic mass is 9.98. The Labute approximate surface area is 123 Å². The van der Waals surface area contributed by atoms with E-state index in [0.29, 0.717) is 24.3 Å². The van der Waals surface area contributed by atoms with Gasteiger partial charge in [-0.2, -0.15) is 0 Å². The number of hydrogen-bond donors (Lipinski definition) is 2. The molecule has 6 nitrogen and oxygen atoms in total. The Hall–Kier alpha value is -2.08. The van der Waals surface area contributed by atoms with Crippen molar-refractivity contribution in [3.05, 3.63) is 24.3 Å². The van der Waals surface area contributed by atoms with Gasteiger partial charge in [0.25, 0.3) is 0 Å². The number of amides is 1. The van der Waals surface area contributed by atoms with Gasteiger partial charge in [0.05, 0.1) is 12.6 Å². The zero-order valence-electron chi connectivity index (χ0n) is 12.1. The smallest absolute Gasteiger partial charge is 0.343 e. The standard InChI is InChI=1S/C15H20N2O4/c1-20-13(18)10-21-12-6-4-5-11(9-12)17-14(19)15(16)7-2-3-8-15/h4-6,9H,2-3,7-8,10,16H2,1H3,(H,17,19). The summed E-state index contributed by atoms with van der Waals surface area (Å²) in [7, 11) is 1.30. The number of nitrogens with one attached hydrogen (secondary N) is 1. The van der Waals surface area contributed by atoms with Crippen molar-refractivity contribution in [1.82, 2.24) is 0 Å². The normalized spacial score (nSPS) is 16.3. The molecule has 0 bridgehead atoms. The molecule has 3 N–H and O–H groups in total. The molecule has 1 aliphatic rings. The highest BCUT2D eigenvalue weighted by Gasteiger charge is 2.36. The number of methoxy groups -OCH3 is 1. The Morgan fingerprint density at radius 3 is 2.71 bits per heavy atom. The largest absolute Gasteiger partial charge is 0.482 e. The second-order valence-corrected chi connectivity index (χ2v) is 5.21. The van der Waals surface area contributed by atoms with E-state index in [1.807, 2.05) is 0 Å². The molecule has 0 radical (unpaired) electrons. The Kier molecular flexibility index (Phi) is 4.80. The van der Waals surface area contributed by atoms with Crippen LogP contribution < -0.4 is 15.8 Å². The van der Waals surface area contributed by atoms with E-state index in [-0.39, 0.29) is 12.5 Å². The minimum atomic E-state index is -0.775. The van der Waals surface area contributed by atoms with Gasteiger partial charge in [-0.15, -0.1) is 0 Å². The van der Waals surface area contributed by atoms with Crippen LogP contribution in [-0.2, 0) is 14.3 Å². The fourth-order valence-electron chi connectivity index (χ4n) is 2.35. The van der Waals surface area contributed by atoms with Crippen LogP contribution >= 0.6 is 0 Å². The predicted molar refractivity (Wildman–Crippen MR) is 78.0 cm³/mol. The number of hydrogen-bond acceptors (Lipinski definition) is 5. The fourth-order valence-corrected chi connectivity index (χ4v) is 2.35. The summed E-state index contributed by atoms with van der Waals surface area (Å²) >= 11 is 0. The van der Waals surface area contributed by atoms with E-state index in [2.05, 4.69) is 10.1 Å². The quantitative estimate of drug-likeness (QED) is 0.802. The summed E-state index contributed by atoms with van der Waals surface area (Å²) in [4.78, 5) is 23.2. The van der Waals surface area contributed by atoms with Crippen molar-refractivity contribution in [2.45, 2.75) is 31.2 Å². The lowest BCUT2D eigenvalue weighted by Crippen LogP contribution is -2.48. The van der Waals surface area contributed by atoms with E-state index in [4.69, 9.17) is 10.5 Å². The second-order valence-electron chi connectivity index (χ2n) is 5.21. The highest BCUT2D eigenvalue weighted by atomic mass is 16.6. The number of benzene rings is 1. The summed E-state index contributed by atoms with van der Waals surface area (Å²) < 4.78 is 9.77. The molecule has 0 atom stereocenters. The molecule has 0 spiro atoms. The summed E-state index contributed by atoms with van der Waals surface area (Å²) in [5, 5.41) is 2.81. The molecule has 1 aromatic rings. The molecule has 0 unspecified atom stereocenters. The summed E-state index contributed by atoms with van der Waals surface area (Å²) in [5.41, 5.74) is 5.92. The van der Waals surface area contributed by atoms with Gasteiger partial charge >= 0.3 is 5.97 Å². The molecular formula is C15H20N2O4. The van der Waals surface area contributed by atoms with Gasteiger partial charge in [0, 0.05) is 11.8 Å². The fraction of sp³-hybridized carbons (Fsp3) is 0.467. The maximum Gasteiger partial charge on any atom is 0.343 e. The molecule has 0 aliphatic heterocycles. The molecule has 1 aromatic carbocycles. The molecular weight excluding hydrogens is 272 g/mol. The zero-order chi connectivity index (χ0) is 15.3. The molecule has 1 aliphatic carbocycles. The minimum Gasteiger partial charge on any atom is -0.482 e. The minimum absolute atomic E-state index is 0.172. The van der Waals surface area contributed by atoms with Gasteiger partial charge in [-0.05, 0) is 25.0 Å². The average molecular weight is 292 g/mol. The lowest BCUT2D eigenvalue weighted by Gasteiger charge is -2.22. The molecule has 0 heterocycles. The SMILES string of the molecule is COC(=O)COc1cccc(NC(=O)C2(N)CCCC2)c1. The summed E-state index contributed by atoms with van der Waals surface area (Å²) in [6.07, 6.45) is 3.37. The molecule has 2 rings (SSSR count). The Balaban J connectivity index is 1.97. The second kappa shape index (κ2) is 6.58. The van der Waals surface area contributed by atoms with Gasteiger partial charge in [-0.3, -0.25) is 4.79 Å². The third-order valence-electron chi connectivity index (χ3n) is 3.62. The molecule has 114 valence electrons. The summed E-state index contributed by atoms with van der Waals surface area (Å²) in [6.45, 7) is -0.172. The number of anilines is 1. The van der Waals surface area contributed by atoms with E-state index < -0.39 is 11.5 Å². The average Bonchev–Trinajstić information content (AvgIpc) is 2.93. The first kappa shape index (κ1) is 15.3. The maximum atomic E-state index is 12.2. The van der Waals surface area contributed by atoms with E-state index >= 15 is 0 Å². The van der Waals surface area contributed by atoms with Gasteiger partial charge in [0.1, 0.15) is 5.75 Å². The third kappa shape index (κ3) is 3.95.